The monoisotopic (exact) mass is 261 g/mol. The summed E-state index contributed by atoms with van der Waals surface area (Å²) in [7, 11) is 3.64. The molecule has 19 heavy (non-hydrogen) atoms. The summed E-state index contributed by atoms with van der Waals surface area (Å²) >= 11 is 0. The van der Waals surface area contributed by atoms with Gasteiger partial charge in [0.2, 0.25) is 5.91 Å². The number of amides is 1. The van der Waals surface area contributed by atoms with Gasteiger partial charge in [-0.1, -0.05) is 29.8 Å². The number of piperazine rings is 1. The largest absolute Gasteiger partial charge is 0.347 e. The van der Waals surface area contributed by atoms with Crippen molar-refractivity contribution in [3.8, 4) is 0 Å². The van der Waals surface area contributed by atoms with Gasteiger partial charge in [0.15, 0.2) is 0 Å². The third-order valence-electron chi connectivity index (χ3n) is 3.55. The molecular weight excluding hydrogens is 238 g/mol. The average Bonchev–Trinajstić information content (AvgIpc) is 2.38. The molecule has 1 fully saturated rings. The van der Waals surface area contributed by atoms with E-state index in [4.69, 9.17) is 0 Å². The van der Waals surface area contributed by atoms with Gasteiger partial charge in [0.25, 0.3) is 0 Å². The summed E-state index contributed by atoms with van der Waals surface area (Å²) in [4.78, 5) is 16.2. The molecule has 1 aromatic rings. The van der Waals surface area contributed by atoms with Crippen LogP contribution in [0.2, 0.25) is 0 Å². The van der Waals surface area contributed by atoms with E-state index >= 15 is 0 Å². The van der Waals surface area contributed by atoms with E-state index in [1.165, 1.54) is 11.1 Å². The van der Waals surface area contributed by atoms with Crippen molar-refractivity contribution in [1.29, 1.82) is 0 Å². The van der Waals surface area contributed by atoms with Crippen LogP contribution >= 0.6 is 0 Å². The van der Waals surface area contributed by atoms with Gasteiger partial charge in [-0.2, -0.15) is 0 Å². The quantitative estimate of drug-likeness (QED) is 0.876. The SMILES string of the molecule is Cc1cccc(CN2CCNCC2C(=O)N(C)C)c1. The molecule has 0 radical (unpaired) electrons. The Hall–Kier alpha value is -1.39. The highest BCUT2D eigenvalue weighted by Crippen LogP contribution is 2.13. The Morgan fingerprint density at radius 3 is 2.95 bits per heavy atom. The number of aryl methyl sites for hydroxylation is 1. The van der Waals surface area contributed by atoms with E-state index in [9.17, 15) is 4.79 Å². The van der Waals surface area contributed by atoms with Crippen molar-refractivity contribution < 1.29 is 4.79 Å². The lowest BCUT2D eigenvalue weighted by atomic mass is 10.1. The molecule has 1 N–H and O–H groups in total. The Kier molecular flexibility index (Phi) is 4.56. The molecule has 104 valence electrons. The maximum Gasteiger partial charge on any atom is 0.240 e. The zero-order chi connectivity index (χ0) is 13.8. The van der Waals surface area contributed by atoms with Crippen molar-refractivity contribution in [3.05, 3.63) is 35.4 Å². The lowest BCUT2D eigenvalue weighted by Crippen LogP contribution is -2.57. The first-order valence-electron chi connectivity index (χ1n) is 6.79. The van der Waals surface area contributed by atoms with Crippen molar-refractivity contribution in [2.75, 3.05) is 33.7 Å². The van der Waals surface area contributed by atoms with Crippen LogP contribution in [0.1, 0.15) is 11.1 Å². The van der Waals surface area contributed by atoms with E-state index in [-0.39, 0.29) is 11.9 Å². The molecule has 1 aliphatic heterocycles. The van der Waals surface area contributed by atoms with Crippen LogP contribution in [0, 0.1) is 6.92 Å². The van der Waals surface area contributed by atoms with Crippen LogP contribution in [0.5, 0.6) is 0 Å². The van der Waals surface area contributed by atoms with Crippen molar-refractivity contribution >= 4 is 5.91 Å². The number of carbonyl (C=O) groups excluding carboxylic acids is 1. The Labute approximate surface area is 115 Å². The summed E-state index contributed by atoms with van der Waals surface area (Å²) in [5, 5.41) is 3.31. The third kappa shape index (κ3) is 3.55. The number of benzene rings is 1. The third-order valence-corrected chi connectivity index (χ3v) is 3.55. The van der Waals surface area contributed by atoms with Crippen LogP contribution in [-0.2, 0) is 11.3 Å². The highest BCUT2D eigenvalue weighted by Gasteiger charge is 2.29. The first-order chi connectivity index (χ1) is 9.08. The number of nitrogens with zero attached hydrogens (tertiary/aromatic N) is 2. The number of hydrogen-bond acceptors (Lipinski definition) is 3. The predicted octanol–water partition coefficient (Wildman–Crippen LogP) is 0.857. The van der Waals surface area contributed by atoms with E-state index in [1.807, 2.05) is 14.1 Å². The Morgan fingerprint density at radius 2 is 2.26 bits per heavy atom. The van der Waals surface area contributed by atoms with Crippen molar-refractivity contribution in [1.82, 2.24) is 15.1 Å². The summed E-state index contributed by atoms with van der Waals surface area (Å²) in [6.07, 6.45) is 0. The second-order valence-electron chi connectivity index (χ2n) is 5.41. The molecule has 2 rings (SSSR count). The van der Waals surface area contributed by atoms with Gasteiger partial charge in [-0.05, 0) is 12.5 Å². The molecular formula is C15H23N3O. The molecule has 1 saturated heterocycles. The van der Waals surface area contributed by atoms with Crippen LogP contribution in [-0.4, -0.2) is 55.5 Å². The lowest BCUT2D eigenvalue weighted by Gasteiger charge is -2.36. The molecule has 0 saturated carbocycles. The maximum atomic E-state index is 12.2. The van der Waals surface area contributed by atoms with Gasteiger partial charge in [-0.15, -0.1) is 0 Å². The zero-order valence-corrected chi connectivity index (χ0v) is 12.0. The predicted molar refractivity (Wildman–Crippen MR) is 76.9 cm³/mol. The molecule has 0 spiro atoms. The fourth-order valence-corrected chi connectivity index (χ4v) is 2.52. The van der Waals surface area contributed by atoms with Gasteiger partial charge in [-0.3, -0.25) is 9.69 Å². The topological polar surface area (TPSA) is 35.6 Å². The van der Waals surface area contributed by atoms with Crippen LogP contribution in [0.3, 0.4) is 0 Å². The van der Waals surface area contributed by atoms with E-state index in [0.717, 1.165) is 26.2 Å². The van der Waals surface area contributed by atoms with Crippen LogP contribution in [0.4, 0.5) is 0 Å². The first-order valence-corrected chi connectivity index (χ1v) is 6.79. The van der Waals surface area contributed by atoms with Gasteiger partial charge in [-0.25, -0.2) is 0 Å². The minimum absolute atomic E-state index is 0.0516. The van der Waals surface area contributed by atoms with Crippen molar-refractivity contribution in [2.24, 2.45) is 0 Å². The molecule has 1 atom stereocenters. The minimum atomic E-state index is -0.0516. The zero-order valence-electron chi connectivity index (χ0n) is 12.0. The first kappa shape index (κ1) is 14.0. The number of likely N-dealkylation sites (N-methyl/N-ethyl adjacent to an activating group) is 1. The molecule has 4 nitrogen and oxygen atoms in total. The van der Waals surface area contributed by atoms with Crippen molar-refractivity contribution in [2.45, 2.75) is 19.5 Å². The fraction of sp³-hybridized carbons (Fsp3) is 0.533. The number of carbonyl (C=O) groups is 1. The van der Waals surface area contributed by atoms with E-state index in [1.54, 1.807) is 4.90 Å². The highest BCUT2D eigenvalue weighted by molar-refractivity contribution is 5.81. The molecule has 0 aliphatic carbocycles. The smallest absolute Gasteiger partial charge is 0.240 e. The average molecular weight is 261 g/mol. The number of nitrogens with one attached hydrogen (secondary N) is 1. The minimum Gasteiger partial charge on any atom is -0.347 e. The van der Waals surface area contributed by atoms with Gasteiger partial charge < -0.3 is 10.2 Å². The summed E-state index contributed by atoms with van der Waals surface area (Å²) in [5.74, 6) is 0.180. The highest BCUT2D eigenvalue weighted by atomic mass is 16.2. The van der Waals surface area contributed by atoms with E-state index in [0.29, 0.717) is 0 Å². The molecule has 1 heterocycles. The lowest BCUT2D eigenvalue weighted by molar-refractivity contribution is -0.135. The molecule has 1 amide bonds. The molecule has 0 bridgehead atoms. The number of hydrogen-bond donors (Lipinski definition) is 1. The summed E-state index contributed by atoms with van der Waals surface area (Å²) < 4.78 is 0. The van der Waals surface area contributed by atoms with Crippen LogP contribution in [0.15, 0.2) is 24.3 Å². The van der Waals surface area contributed by atoms with Crippen LogP contribution < -0.4 is 5.32 Å². The van der Waals surface area contributed by atoms with Gasteiger partial charge in [0, 0.05) is 40.3 Å². The standard InChI is InChI=1S/C15H23N3O/c1-12-5-4-6-13(9-12)11-18-8-7-16-10-14(18)15(19)17(2)3/h4-6,9,14,16H,7-8,10-11H2,1-3H3. The molecule has 0 aromatic heterocycles. The maximum absolute atomic E-state index is 12.2. The second-order valence-corrected chi connectivity index (χ2v) is 5.41. The second kappa shape index (κ2) is 6.17. The summed E-state index contributed by atoms with van der Waals surface area (Å²) in [6, 6.07) is 8.45. The molecule has 1 aromatic carbocycles. The number of rotatable bonds is 3. The molecule has 1 aliphatic rings. The summed E-state index contributed by atoms with van der Waals surface area (Å²) in [5.41, 5.74) is 2.54. The van der Waals surface area contributed by atoms with Crippen LogP contribution in [0.25, 0.3) is 0 Å². The van der Waals surface area contributed by atoms with E-state index < -0.39 is 0 Å². The Morgan fingerprint density at radius 1 is 1.47 bits per heavy atom. The summed E-state index contributed by atoms with van der Waals surface area (Å²) in [6.45, 7) is 5.54. The van der Waals surface area contributed by atoms with Gasteiger partial charge in [0.05, 0.1) is 0 Å². The Bertz CT molecular complexity index is 445. The Balaban J connectivity index is 2.09. The molecule has 1 unspecified atom stereocenters. The van der Waals surface area contributed by atoms with Gasteiger partial charge >= 0.3 is 0 Å². The van der Waals surface area contributed by atoms with E-state index in [2.05, 4.69) is 41.4 Å². The fourth-order valence-electron chi connectivity index (χ4n) is 2.52. The van der Waals surface area contributed by atoms with Gasteiger partial charge in [0.1, 0.15) is 6.04 Å². The molecule has 4 heteroatoms. The normalized spacial score (nSPS) is 20.3. The van der Waals surface area contributed by atoms with Crippen molar-refractivity contribution in [3.63, 3.8) is 0 Å².